The molecule has 0 spiro atoms. The number of fused-ring (bicyclic) bond motifs is 1. The Hall–Kier alpha value is -3.29. The van der Waals surface area contributed by atoms with Gasteiger partial charge in [0.1, 0.15) is 5.82 Å². The number of hydrogen-bond acceptors (Lipinski definition) is 3. The number of imidazole rings is 1. The molecule has 1 fully saturated rings. The number of halogens is 3. The van der Waals surface area contributed by atoms with Gasteiger partial charge in [-0.2, -0.15) is 0 Å². The fourth-order valence-corrected chi connectivity index (χ4v) is 5.39. The van der Waals surface area contributed by atoms with Crippen LogP contribution < -0.4 is 15.8 Å². The smallest absolute Gasteiger partial charge is 0.221 e. The fraction of sp³-hybridized carbons (Fsp3) is 0.259. The van der Waals surface area contributed by atoms with E-state index in [9.17, 15) is 9.18 Å². The number of benzene rings is 3. The summed E-state index contributed by atoms with van der Waals surface area (Å²) in [5, 5.41) is 13.2. The highest BCUT2D eigenvalue weighted by atomic mass is 35.5. The highest BCUT2D eigenvalue weighted by Gasteiger charge is 2.26. The largest absolute Gasteiger partial charge is 0.370 e. The van der Waals surface area contributed by atoms with Gasteiger partial charge < -0.3 is 19.4 Å². The summed E-state index contributed by atoms with van der Waals surface area (Å²) >= 11 is 12.7. The lowest BCUT2D eigenvalue weighted by Gasteiger charge is -2.35. The van der Waals surface area contributed by atoms with Gasteiger partial charge in [-0.1, -0.05) is 41.4 Å². The topological polar surface area (TPSA) is 66.1 Å². The molecule has 0 bridgehead atoms. The second-order valence-corrected chi connectivity index (χ2v) is 9.91. The molecular formula is C27H26Cl2FN5O. The first-order valence-corrected chi connectivity index (χ1v) is 12.6. The van der Waals surface area contributed by atoms with Gasteiger partial charge in [0.05, 0.1) is 29.0 Å². The summed E-state index contributed by atoms with van der Waals surface area (Å²) in [5.74, 6) is -0.473. The van der Waals surface area contributed by atoms with E-state index in [0.717, 1.165) is 35.3 Å². The molecule has 6 nitrogen and oxygen atoms in total. The SMILES string of the molecule is CC(=O)Nc1ccc(Cl)cc1N1CCC(n2c(=N)n(Cc3ccccc3Cl)c3ccc(F)cc32)CC1. The van der Waals surface area contributed by atoms with Crippen molar-refractivity contribution in [3.8, 4) is 0 Å². The third-order valence-electron chi connectivity index (χ3n) is 6.70. The lowest BCUT2D eigenvalue weighted by Crippen LogP contribution is -2.38. The van der Waals surface area contributed by atoms with E-state index in [1.807, 2.05) is 45.5 Å². The number of piperidine rings is 1. The Labute approximate surface area is 218 Å². The quantitative estimate of drug-likeness (QED) is 0.325. The van der Waals surface area contributed by atoms with Gasteiger partial charge in [0.15, 0.2) is 0 Å². The summed E-state index contributed by atoms with van der Waals surface area (Å²) in [6.07, 6.45) is 1.51. The van der Waals surface area contributed by atoms with Crippen molar-refractivity contribution in [2.24, 2.45) is 0 Å². The van der Waals surface area contributed by atoms with E-state index in [1.165, 1.54) is 19.1 Å². The zero-order valence-corrected chi connectivity index (χ0v) is 21.3. The van der Waals surface area contributed by atoms with E-state index in [2.05, 4.69) is 10.2 Å². The summed E-state index contributed by atoms with van der Waals surface area (Å²) in [6.45, 7) is 3.32. The number of aromatic nitrogens is 2. The van der Waals surface area contributed by atoms with E-state index in [-0.39, 0.29) is 17.8 Å². The van der Waals surface area contributed by atoms with Crippen LogP contribution in [0.2, 0.25) is 10.0 Å². The molecule has 3 aromatic carbocycles. The number of carbonyl (C=O) groups is 1. The molecule has 5 rings (SSSR count). The Kier molecular flexibility index (Phi) is 6.77. The Morgan fingerprint density at radius 2 is 1.81 bits per heavy atom. The second kappa shape index (κ2) is 9.99. The Bertz CT molecular complexity index is 1500. The highest BCUT2D eigenvalue weighted by Crippen LogP contribution is 2.34. The average molecular weight is 526 g/mol. The first kappa shape index (κ1) is 24.4. The van der Waals surface area contributed by atoms with Crippen molar-refractivity contribution in [3.05, 3.63) is 87.7 Å². The fourth-order valence-electron chi connectivity index (χ4n) is 5.03. The van der Waals surface area contributed by atoms with Crippen LogP contribution in [-0.4, -0.2) is 28.1 Å². The zero-order chi connectivity index (χ0) is 25.4. The molecule has 2 heterocycles. The molecule has 1 amide bonds. The number of carbonyl (C=O) groups excluding carboxylic acids is 1. The monoisotopic (exact) mass is 525 g/mol. The summed E-state index contributed by atoms with van der Waals surface area (Å²) in [6, 6.07) is 17.7. The molecule has 0 radical (unpaired) electrons. The normalized spacial score (nSPS) is 14.4. The summed E-state index contributed by atoms with van der Waals surface area (Å²) in [5.41, 5.74) is 4.31. The maximum Gasteiger partial charge on any atom is 0.221 e. The summed E-state index contributed by atoms with van der Waals surface area (Å²) < 4.78 is 18.2. The average Bonchev–Trinajstić information content (AvgIpc) is 3.11. The molecule has 186 valence electrons. The highest BCUT2D eigenvalue weighted by molar-refractivity contribution is 6.31. The van der Waals surface area contributed by atoms with Gasteiger partial charge in [-0.15, -0.1) is 0 Å². The van der Waals surface area contributed by atoms with Gasteiger partial charge >= 0.3 is 0 Å². The minimum absolute atomic E-state index is 0.0222. The van der Waals surface area contributed by atoms with E-state index >= 15 is 0 Å². The van der Waals surface area contributed by atoms with Gasteiger partial charge in [0.25, 0.3) is 0 Å². The molecule has 0 atom stereocenters. The molecular weight excluding hydrogens is 500 g/mol. The van der Waals surface area contributed by atoms with Crippen LogP contribution in [0.5, 0.6) is 0 Å². The lowest BCUT2D eigenvalue weighted by atomic mass is 10.0. The van der Waals surface area contributed by atoms with Crippen molar-refractivity contribution in [3.63, 3.8) is 0 Å². The summed E-state index contributed by atoms with van der Waals surface area (Å²) in [4.78, 5) is 13.9. The molecule has 9 heteroatoms. The van der Waals surface area contributed by atoms with Gasteiger partial charge in [-0.05, 0) is 60.9 Å². The number of hydrogen-bond donors (Lipinski definition) is 2. The van der Waals surface area contributed by atoms with Crippen molar-refractivity contribution in [1.82, 2.24) is 9.13 Å². The standard InChI is InChI=1S/C27H26Cl2FN5O/c1-17(36)32-23-8-6-19(28)14-25(23)33-12-10-21(11-13-33)35-26-15-20(30)7-9-24(26)34(27(35)31)16-18-4-2-3-5-22(18)29/h2-9,14-15,21,31H,10-13,16H2,1H3,(H,32,36). The van der Waals surface area contributed by atoms with Crippen LogP contribution in [0.15, 0.2) is 60.7 Å². The van der Waals surface area contributed by atoms with Gasteiger partial charge in [-0.25, -0.2) is 4.39 Å². The van der Waals surface area contributed by atoms with Gasteiger partial charge in [-0.3, -0.25) is 10.2 Å². The maximum absolute atomic E-state index is 14.3. The predicted octanol–water partition coefficient (Wildman–Crippen LogP) is 6.22. The van der Waals surface area contributed by atoms with Crippen molar-refractivity contribution in [1.29, 1.82) is 5.41 Å². The van der Waals surface area contributed by atoms with Crippen LogP contribution >= 0.6 is 23.2 Å². The summed E-state index contributed by atoms with van der Waals surface area (Å²) in [7, 11) is 0. The zero-order valence-electron chi connectivity index (χ0n) is 19.8. The molecule has 1 aromatic heterocycles. The number of amides is 1. The maximum atomic E-state index is 14.3. The van der Waals surface area contributed by atoms with Crippen LogP contribution in [0.1, 0.15) is 31.4 Å². The van der Waals surface area contributed by atoms with Crippen molar-refractivity contribution in [2.75, 3.05) is 23.3 Å². The van der Waals surface area contributed by atoms with Gasteiger partial charge in [0, 0.05) is 36.1 Å². The number of rotatable bonds is 5. The predicted molar refractivity (Wildman–Crippen MR) is 143 cm³/mol. The molecule has 1 saturated heterocycles. The lowest BCUT2D eigenvalue weighted by molar-refractivity contribution is -0.114. The Morgan fingerprint density at radius 3 is 2.53 bits per heavy atom. The van der Waals surface area contributed by atoms with E-state index in [4.69, 9.17) is 28.6 Å². The van der Waals surface area contributed by atoms with Crippen molar-refractivity contribution < 1.29 is 9.18 Å². The first-order chi connectivity index (χ1) is 17.3. The van der Waals surface area contributed by atoms with E-state index in [0.29, 0.717) is 40.8 Å². The minimum Gasteiger partial charge on any atom is -0.370 e. The van der Waals surface area contributed by atoms with Crippen LogP contribution in [-0.2, 0) is 11.3 Å². The second-order valence-electron chi connectivity index (χ2n) is 9.07. The Balaban J connectivity index is 1.47. The van der Waals surface area contributed by atoms with E-state index < -0.39 is 0 Å². The molecule has 1 aliphatic rings. The number of nitrogens with zero attached hydrogens (tertiary/aromatic N) is 3. The van der Waals surface area contributed by atoms with Crippen LogP contribution in [0.25, 0.3) is 11.0 Å². The van der Waals surface area contributed by atoms with Crippen LogP contribution in [0.4, 0.5) is 15.8 Å². The van der Waals surface area contributed by atoms with Crippen molar-refractivity contribution >= 4 is 51.5 Å². The molecule has 0 aliphatic carbocycles. The molecule has 36 heavy (non-hydrogen) atoms. The van der Waals surface area contributed by atoms with Gasteiger partial charge in [0.2, 0.25) is 11.5 Å². The third kappa shape index (κ3) is 4.73. The van der Waals surface area contributed by atoms with Crippen LogP contribution in [0.3, 0.4) is 0 Å². The number of nitrogens with one attached hydrogen (secondary N) is 2. The van der Waals surface area contributed by atoms with Crippen molar-refractivity contribution in [2.45, 2.75) is 32.4 Å². The first-order valence-electron chi connectivity index (χ1n) is 11.8. The third-order valence-corrected chi connectivity index (χ3v) is 7.30. The molecule has 0 unspecified atom stereocenters. The van der Waals surface area contributed by atoms with E-state index in [1.54, 1.807) is 12.1 Å². The molecule has 1 aliphatic heterocycles. The molecule has 2 N–H and O–H groups in total. The molecule has 0 saturated carbocycles. The molecule has 4 aromatic rings. The number of anilines is 2. The van der Waals surface area contributed by atoms with Crippen LogP contribution in [0, 0.1) is 11.2 Å². The minimum atomic E-state index is -0.331. The Morgan fingerprint density at radius 1 is 1.06 bits per heavy atom.